The van der Waals surface area contributed by atoms with Crippen molar-refractivity contribution < 1.29 is 9.53 Å². The van der Waals surface area contributed by atoms with Gasteiger partial charge in [-0.25, -0.2) is 4.98 Å². The molecule has 5 rings (SSSR count). The molecule has 2 aromatic heterocycles. The minimum absolute atomic E-state index is 0.00415. The molecule has 7 heteroatoms. The summed E-state index contributed by atoms with van der Waals surface area (Å²) in [6, 6.07) is 12.4. The summed E-state index contributed by atoms with van der Waals surface area (Å²) in [5.74, 6) is -0.00415. The molecule has 0 spiro atoms. The second-order valence-electron chi connectivity index (χ2n) is 9.11. The van der Waals surface area contributed by atoms with Gasteiger partial charge >= 0.3 is 0 Å². The Morgan fingerprint density at radius 2 is 1.79 bits per heavy atom. The first-order valence-corrected chi connectivity index (χ1v) is 11.8. The zero-order chi connectivity index (χ0) is 22.6. The number of aromatic nitrogens is 2. The summed E-state index contributed by atoms with van der Waals surface area (Å²) in [5.41, 5.74) is 4.49. The van der Waals surface area contributed by atoms with Gasteiger partial charge in [0.25, 0.3) is 5.91 Å². The number of anilines is 1. The van der Waals surface area contributed by atoms with Crippen LogP contribution >= 0.6 is 0 Å². The van der Waals surface area contributed by atoms with Gasteiger partial charge < -0.3 is 20.3 Å². The van der Waals surface area contributed by atoms with E-state index < -0.39 is 0 Å². The van der Waals surface area contributed by atoms with Crippen molar-refractivity contribution in [3.05, 3.63) is 54.4 Å². The largest absolute Gasteiger partial charge is 0.381 e. The molecule has 4 heterocycles. The van der Waals surface area contributed by atoms with Crippen molar-refractivity contribution >= 4 is 22.5 Å². The fourth-order valence-electron chi connectivity index (χ4n) is 4.61. The van der Waals surface area contributed by atoms with Crippen molar-refractivity contribution in [3.8, 4) is 11.3 Å². The molecule has 33 heavy (non-hydrogen) atoms. The van der Waals surface area contributed by atoms with E-state index >= 15 is 0 Å². The van der Waals surface area contributed by atoms with E-state index in [9.17, 15) is 4.79 Å². The highest BCUT2D eigenvalue weighted by atomic mass is 16.5. The number of nitrogens with zero attached hydrogens (tertiary/aromatic N) is 3. The van der Waals surface area contributed by atoms with Crippen LogP contribution in [-0.2, 0) is 4.74 Å². The number of likely N-dealkylation sites (tertiary alicyclic amines) is 1. The molecular weight excluding hydrogens is 414 g/mol. The van der Waals surface area contributed by atoms with E-state index in [2.05, 4.69) is 33.6 Å². The maximum absolute atomic E-state index is 12.7. The fraction of sp³-hybridized carbons (Fsp3) is 0.423. The number of hydrogen-bond donors (Lipinski definition) is 2. The number of ether oxygens (including phenoxy) is 1. The molecular formula is C26H31N5O2. The number of hydrogen-bond acceptors (Lipinski definition) is 6. The van der Waals surface area contributed by atoms with Crippen LogP contribution in [0.25, 0.3) is 22.2 Å². The van der Waals surface area contributed by atoms with Crippen LogP contribution < -0.4 is 10.6 Å². The van der Waals surface area contributed by atoms with Crippen molar-refractivity contribution in [1.82, 2.24) is 20.2 Å². The van der Waals surface area contributed by atoms with Gasteiger partial charge in [-0.3, -0.25) is 9.78 Å². The topological polar surface area (TPSA) is 79.4 Å². The minimum Gasteiger partial charge on any atom is -0.381 e. The quantitative estimate of drug-likeness (QED) is 0.623. The van der Waals surface area contributed by atoms with Crippen molar-refractivity contribution in [2.75, 3.05) is 38.7 Å². The van der Waals surface area contributed by atoms with Crippen molar-refractivity contribution in [2.45, 2.75) is 37.8 Å². The third-order valence-electron chi connectivity index (χ3n) is 6.69. The monoisotopic (exact) mass is 445 g/mol. The first-order valence-electron chi connectivity index (χ1n) is 11.8. The Kier molecular flexibility index (Phi) is 6.51. The number of nitrogens with one attached hydrogen (secondary N) is 2. The summed E-state index contributed by atoms with van der Waals surface area (Å²) in [5, 5.41) is 7.89. The molecule has 0 aliphatic carbocycles. The van der Waals surface area contributed by atoms with E-state index in [-0.39, 0.29) is 11.9 Å². The first kappa shape index (κ1) is 21.8. The van der Waals surface area contributed by atoms with Gasteiger partial charge in [0.1, 0.15) is 0 Å². The molecule has 0 saturated carbocycles. The van der Waals surface area contributed by atoms with E-state index in [1.807, 2.05) is 36.5 Å². The minimum atomic E-state index is -0.00415. The predicted molar refractivity (Wildman–Crippen MR) is 130 cm³/mol. The number of piperidine rings is 1. The fourth-order valence-corrected chi connectivity index (χ4v) is 4.61. The van der Waals surface area contributed by atoms with Gasteiger partial charge in [-0.2, -0.15) is 0 Å². The summed E-state index contributed by atoms with van der Waals surface area (Å²) in [6.07, 6.45) is 7.61. The molecule has 2 fully saturated rings. The molecule has 0 atom stereocenters. The Balaban J connectivity index is 1.35. The highest BCUT2D eigenvalue weighted by molar-refractivity contribution is 5.96. The van der Waals surface area contributed by atoms with Gasteiger partial charge in [0.15, 0.2) is 0 Å². The Hall–Kier alpha value is -3.03. The van der Waals surface area contributed by atoms with E-state index in [1.165, 1.54) is 0 Å². The molecule has 7 nitrogen and oxygen atoms in total. The summed E-state index contributed by atoms with van der Waals surface area (Å²) in [6.45, 7) is 3.62. The van der Waals surface area contributed by atoms with E-state index in [0.29, 0.717) is 11.6 Å². The SMILES string of the molecule is CN1CCC(NC(=O)c2ccc(-c3cc(NC4CCOCC4)c4cnccc4n3)cc2)CC1. The van der Waals surface area contributed by atoms with Gasteiger partial charge in [-0.1, -0.05) is 12.1 Å². The van der Waals surface area contributed by atoms with Crippen LogP contribution in [0, 0.1) is 0 Å². The molecule has 0 radical (unpaired) electrons. The predicted octanol–water partition coefficient (Wildman–Crippen LogP) is 3.71. The second kappa shape index (κ2) is 9.85. The van der Waals surface area contributed by atoms with Crippen LogP contribution in [0.5, 0.6) is 0 Å². The third-order valence-corrected chi connectivity index (χ3v) is 6.69. The van der Waals surface area contributed by atoms with Gasteiger partial charge in [-0.05, 0) is 70.1 Å². The Bertz CT molecular complexity index is 1100. The highest BCUT2D eigenvalue weighted by Gasteiger charge is 2.19. The summed E-state index contributed by atoms with van der Waals surface area (Å²) >= 11 is 0. The maximum Gasteiger partial charge on any atom is 0.251 e. The smallest absolute Gasteiger partial charge is 0.251 e. The second-order valence-corrected chi connectivity index (χ2v) is 9.11. The van der Waals surface area contributed by atoms with Gasteiger partial charge in [0, 0.05) is 59.9 Å². The molecule has 1 amide bonds. The number of carbonyl (C=O) groups is 1. The number of amides is 1. The average Bonchev–Trinajstić information content (AvgIpc) is 2.86. The highest BCUT2D eigenvalue weighted by Crippen LogP contribution is 2.29. The van der Waals surface area contributed by atoms with E-state index in [4.69, 9.17) is 9.72 Å². The lowest BCUT2D eigenvalue weighted by atomic mass is 10.0. The molecule has 3 aromatic rings. The molecule has 2 aliphatic rings. The normalized spacial score (nSPS) is 18.3. The van der Waals surface area contributed by atoms with Crippen molar-refractivity contribution in [2.24, 2.45) is 0 Å². The van der Waals surface area contributed by atoms with E-state index in [1.54, 1.807) is 6.20 Å². The van der Waals surface area contributed by atoms with Crippen LogP contribution in [0.4, 0.5) is 5.69 Å². The summed E-state index contributed by atoms with van der Waals surface area (Å²) in [7, 11) is 2.12. The molecule has 2 N–H and O–H groups in total. The molecule has 2 saturated heterocycles. The number of benzene rings is 1. The number of carbonyl (C=O) groups excluding carboxylic acids is 1. The van der Waals surface area contributed by atoms with Crippen molar-refractivity contribution in [3.63, 3.8) is 0 Å². The van der Waals surface area contributed by atoms with Gasteiger partial charge in [0.05, 0.1) is 11.2 Å². The molecule has 2 aliphatic heterocycles. The van der Waals surface area contributed by atoms with Crippen LogP contribution in [0.3, 0.4) is 0 Å². The zero-order valence-corrected chi connectivity index (χ0v) is 19.1. The van der Waals surface area contributed by atoms with Crippen LogP contribution in [-0.4, -0.2) is 66.2 Å². The van der Waals surface area contributed by atoms with Gasteiger partial charge in [0.2, 0.25) is 0 Å². The molecule has 172 valence electrons. The Morgan fingerprint density at radius 3 is 2.55 bits per heavy atom. The summed E-state index contributed by atoms with van der Waals surface area (Å²) < 4.78 is 5.50. The number of rotatable bonds is 5. The number of fused-ring (bicyclic) bond motifs is 1. The lowest BCUT2D eigenvalue weighted by molar-refractivity contribution is 0.0904. The molecule has 1 aromatic carbocycles. The zero-order valence-electron chi connectivity index (χ0n) is 19.1. The standard InChI is InChI=1S/C26H31N5O2/c1-31-12-7-20(8-13-31)29-26(32)19-4-2-18(3-5-19)24-16-25(28-21-9-14-33-15-10-21)22-17-27-11-6-23(22)30-24/h2-6,11,16-17,20-21H,7-10,12-15H2,1H3,(H,28,30)(H,29,32). The third kappa shape index (κ3) is 5.15. The molecule has 0 bridgehead atoms. The lowest BCUT2D eigenvalue weighted by Crippen LogP contribution is -2.43. The van der Waals surface area contributed by atoms with Crippen LogP contribution in [0.2, 0.25) is 0 Å². The average molecular weight is 446 g/mol. The Labute approximate surface area is 194 Å². The van der Waals surface area contributed by atoms with E-state index in [0.717, 1.165) is 79.8 Å². The lowest BCUT2D eigenvalue weighted by Gasteiger charge is -2.29. The van der Waals surface area contributed by atoms with Crippen molar-refractivity contribution in [1.29, 1.82) is 0 Å². The summed E-state index contributed by atoms with van der Waals surface area (Å²) in [4.78, 5) is 24.2. The van der Waals surface area contributed by atoms with Crippen LogP contribution in [0.1, 0.15) is 36.0 Å². The van der Waals surface area contributed by atoms with Gasteiger partial charge in [-0.15, -0.1) is 0 Å². The number of pyridine rings is 2. The maximum atomic E-state index is 12.7. The molecule has 0 unspecified atom stereocenters. The Morgan fingerprint density at radius 1 is 1.03 bits per heavy atom. The first-order chi connectivity index (χ1) is 16.2. The van der Waals surface area contributed by atoms with Crippen LogP contribution in [0.15, 0.2) is 48.8 Å².